The summed E-state index contributed by atoms with van der Waals surface area (Å²) in [5, 5.41) is 11.9. The third kappa shape index (κ3) is 5.51. The Hall–Kier alpha value is -1.84. The number of nitrogens with one attached hydrogen (secondary N) is 1. The summed E-state index contributed by atoms with van der Waals surface area (Å²) in [6.07, 6.45) is 2.38. The Morgan fingerprint density at radius 1 is 1.14 bits per heavy atom. The van der Waals surface area contributed by atoms with Crippen molar-refractivity contribution in [1.82, 2.24) is 5.32 Å². The molecule has 4 heteroatoms. The third-order valence-electron chi connectivity index (χ3n) is 4.33. The molecule has 1 amide bonds. The maximum Gasteiger partial charge on any atom is 0.303 e. The van der Waals surface area contributed by atoms with E-state index in [1.54, 1.807) is 0 Å². The Morgan fingerprint density at radius 3 is 2.23 bits per heavy atom. The molecule has 0 saturated carbocycles. The molecule has 1 rings (SSSR count). The zero-order valence-corrected chi connectivity index (χ0v) is 13.7. The lowest BCUT2D eigenvalue weighted by atomic mass is 9.88. The van der Waals surface area contributed by atoms with E-state index in [2.05, 4.69) is 19.2 Å². The number of carboxylic acids is 1. The summed E-state index contributed by atoms with van der Waals surface area (Å²) in [5.41, 5.74) is 0.953. The lowest BCUT2D eigenvalue weighted by Gasteiger charge is -2.25. The van der Waals surface area contributed by atoms with Crippen LogP contribution in [-0.4, -0.2) is 17.0 Å². The van der Waals surface area contributed by atoms with Gasteiger partial charge in [0.25, 0.3) is 0 Å². The summed E-state index contributed by atoms with van der Waals surface area (Å²) in [5.74, 6) is -0.543. The normalized spacial score (nSPS) is 13.6. The van der Waals surface area contributed by atoms with E-state index in [9.17, 15) is 9.59 Å². The Bertz CT molecular complexity index is 468. The molecular weight excluding hydrogens is 278 g/mol. The first kappa shape index (κ1) is 18.2. The first-order valence-corrected chi connectivity index (χ1v) is 8.06. The highest BCUT2D eigenvalue weighted by molar-refractivity contribution is 5.79. The van der Waals surface area contributed by atoms with Gasteiger partial charge < -0.3 is 10.4 Å². The van der Waals surface area contributed by atoms with Crippen LogP contribution in [0, 0.1) is 11.8 Å². The summed E-state index contributed by atoms with van der Waals surface area (Å²) < 4.78 is 0. The lowest BCUT2D eigenvalue weighted by molar-refractivity contribution is -0.137. The summed E-state index contributed by atoms with van der Waals surface area (Å²) in [6.45, 7) is 6.14. The quantitative estimate of drug-likeness (QED) is 0.729. The highest BCUT2D eigenvalue weighted by Gasteiger charge is 2.24. The zero-order valence-electron chi connectivity index (χ0n) is 13.7. The summed E-state index contributed by atoms with van der Waals surface area (Å²) in [4.78, 5) is 23.3. The van der Waals surface area contributed by atoms with Crippen LogP contribution in [-0.2, 0) is 9.59 Å². The van der Waals surface area contributed by atoms with Crippen molar-refractivity contribution in [2.75, 3.05) is 0 Å². The van der Waals surface area contributed by atoms with E-state index in [4.69, 9.17) is 5.11 Å². The van der Waals surface area contributed by atoms with Crippen LogP contribution in [0.5, 0.6) is 0 Å². The third-order valence-corrected chi connectivity index (χ3v) is 4.33. The van der Waals surface area contributed by atoms with Gasteiger partial charge >= 0.3 is 5.97 Å². The summed E-state index contributed by atoms with van der Waals surface area (Å²) in [7, 11) is 0. The van der Waals surface area contributed by atoms with Gasteiger partial charge in [0.05, 0.1) is 6.04 Å². The van der Waals surface area contributed by atoms with E-state index in [0.29, 0.717) is 12.3 Å². The number of carbonyl (C=O) groups excluding carboxylic acids is 1. The van der Waals surface area contributed by atoms with Crippen LogP contribution in [0.3, 0.4) is 0 Å². The number of carboxylic acid groups (broad SMARTS) is 1. The van der Waals surface area contributed by atoms with Gasteiger partial charge in [0, 0.05) is 12.3 Å². The second-order valence-corrected chi connectivity index (χ2v) is 5.77. The van der Waals surface area contributed by atoms with Crippen molar-refractivity contribution in [3.05, 3.63) is 35.9 Å². The fourth-order valence-electron chi connectivity index (χ4n) is 2.79. The average Bonchev–Trinajstić information content (AvgIpc) is 2.52. The van der Waals surface area contributed by atoms with Crippen molar-refractivity contribution >= 4 is 11.9 Å². The van der Waals surface area contributed by atoms with Crippen LogP contribution in [0.25, 0.3) is 0 Å². The molecule has 0 fully saturated rings. The second-order valence-electron chi connectivity index (χ2n) is 5.77. The molecule has 0 aliphatic carbocycles. The van der Waals surface area contributed by atoms with Gasteiger partial charge in [-0.3, -0.25) is 9.59 Å². The van der Waals surface area contributed by atoms with Gasteiger partial charge in [0.2, 0.25) is 5.91 Å². The van der Waals surface area contributed by atoms with Gasteiger partial charge in [0.15, 0.2) is 0 Å². The molecule has 0 saturated heterocycles. The number of aliphatic carboxylic acids is 1. The zero-order chi connectivity index (χ0) is 16.5. The van der Waals surface area contributed by atoms with Gasteiger partial charge in [-0.15, -0.1) is 0 Å². The van der Waals surface area contributed by atoms with Crippen molar-refractivity contribution in [2.24, 2.45) is 11.8 Å². The van der Waals surface area contributed by atoms with Crippen LogP contribution in [0.15, 0.2) is 30.3 Å². The first-order chi connectivity index (χ1) is 10.5. The molecule has 2 atom stereocenters. The monoisotopic (exact) mass is 305 g/mol. The Kier molecular flexibility index (Phi) is 7.64. The van der Waals surface area contributed by atoms with Crippen LogP contribution in [0.2, 0.25) is 0 Å². The fourth-order valence-corrected chi connectivity index (χ4v) is 2.79. The van der Waals surface area contributed by atoms with Gasteiger partial charge in [-0.2, -0.15) is 0 Å². The SMILES string of the molecule is CCC(CC)C(C)C(=O)NC(CCC(=O)O)c1ccccc1. The maximum atomic E-state index is 12.5. The second kappa shape index (κ2) is 9.23. The molecule has 4 nitrogen and oxygen atoms in total. The molecule has 0 bridgehead atoms. The highest BCUT2D eigenvalue weighted by atomic mass is 16.4. The van der Waals surface area contributed by atoms with Crippen LogP contribution in [0.4, 0.5) is 0 Å². The molecule has 122 valence electrons. The molecule has 1 aromatic carbocycles. The van der Waals surface area contributed by atoms with E-state index in [0.717, 1.165) is 18.4 Å². The number of benzene rings is 1. The molecule has 0 heterocycles. The van der Waals surface area contributed by atoms with Gasteiger partial charge in [-0.05, 0) is 17.9 Å². The van der Waals surface area contributed by atoms with Crippen LogP contribution >= 0.6 is 0 Å². The van der Waals surface area contributed by atoms with E-state index in [1.807, 2.05) is 37.3 Å². The predicted molar refractivity (Wildman–Crippen MR) is 87.4 cm³/mol. The molecular formula is C18H27NO3. The minimum absolute atomic E-state index is 0.00735. The largest absolute Gasteiger partial charge is 0.481 e. The lowest BCUT2D eigenvalue weighted by Crippen LogP contribution is -2.36. The standard InChI is InChI=1S/C18H27NO3/c1-4-14(5-2)13(3)18(22)19-16(11-12-17(20)21)15-9-7-6-8-10-15/h6-10,13-14,16H,4-5,11-12H2,1-3H3,(H,19,22)(H,20,21). The fraction of sp³-hybridized carbons (Fsp3) is 0.556. The summed E-state index contributed by atoms with van der Waals surface area (Å²) >= 11 is 0. The molecule has 0 aromatic heterocycles. The van der Waals surface area contributed by atoms with E-state index in [1.165, 1.54) is 0 Å². The first-order valence-electron chi connectivity index (χ1n) is 8.06. The number of carbonyl (C=O) groups is 2. The van der Waals surface area contributed by atoms with E-state index >= 15 is 0 Å². The number of rotatable bonds is 9. The van der Waals surface area contributed by atoms with E-state index in [-0.39, 0.29) is 24.3 Å². The minimum atomic E-state index is -0.844. The molecule has 2 N–H and O–H groups in total. The van der Waals surface area contributed by atoms with Crippen LogP contribution < -0.4 is 5.32 Å². The molecule has 0 aliphatic heterocycles. The molecule has 22 heavy (non-hydrogen) atoms. The van der Waals surface area contributed by atoms with Crippen molar-refractivity contribution in [2.45, 2.75) is 52.5 Å². The van der Waals surface area contributed by atoms with Gasteiger partial charge in [-0.1, -0.05) is 63.9 Å². The topological polar surface area (TPSA) is 66.4 Å². The number of hydrogen-bond acceptors (Lipinski definition) is 2. The molecule has 2 unspecified atom stereocenters. The van der Waals surface area contributed by atoms with Crippen molar-refractivity contribution in [3.63, 3.8) is 0 Å². The van der Waals surface area contributed by atoms with Gasteiger partial charge in [0.1, 0.15) is 0 Å². The van der Waals surface area contributed by atoms with E-state index < -0.39 is 5.97 Å². The molecule has 0 spiro atoms. The molecule has 1 aromatic rings. The number of hydrogen-bond donors (Lipinski definition) is 2. The smallest absolute Gasteiger partial charge is 0.303 e. The minimum Gasteiger partial charge on any atom is -0.481 e. The van der Waals surface area contributed by atoms with Crippen LogP contribution in [0.1, 0.15) is 58.1 Å². The summed E-state index contributed by atoms with van der Waals surface area (Å²) in [6, 6.07) is 9.32. The number of amides is 1. The Labute approximate surface area is 132 Å². The predicted octanol–water partition coefficient (Wildman–Crippen LogP) is 3.78. The van der Waals surface area contributed by atoms with Crippen molar-refractivity contribution in [3.8, 4) is 0 Å². The Morgan fingerprint density at radius 2 is 1.73 bits per heavy atom. The highest BCUT2D eigenvalue weighted by Crippen LogP contribution is 2.23. The molecule has 0 aliphatic rings. The Balaban J connectivity index is 2.79. The van der Waals surface area contributed by atoms with Gasteiger partial charge in [-0.25, -0.2) is 0 Å². The maximum absolute atomic E-state index is 12.5. The molecule has 0 radical (unpaired) electrons. The van der Waals surface area contributed by atoms with Crippen molar-refractivity contribution in [1.29, 1.82) is 0 Å². The average molecular weight is 305 g/mol. The van der Waals surface area contributed by atoms with Crippen molar-refractivity contribution < 1.29 is 14.7 Å².